The Balaban J connectivity index is 1.02. The fraction of sp³-hybridized carbons (Fsp3) is 0.442. The van der Waals surface area contributed by atoms with Gasteiger partial charge >= 0.3 is 6.18 Å². The lowest BCUT2D eigenvalue weighted by Gasteiger charge is -2.39. The summed E-state index contributed by atoms with van der Waals surface area (Å²) in [6, 6.07) is 14.6. The van der Waals surface area contributed by atoms with Gasteiger partial charge in [0.05, 0.1) is 29.4 Å². The first-order chi connectivity index (χ1) is 27.9. The molecule has 0 spiro atoms. The van der Waals surface area contributed by atoms with Crippen LogP contribution in [0.2, 0.25) is 0 Å². The molecule has 16 heteroatoms. The van der Waals surface area contributed by atoms with Gasteiger partial charge in [0.1, 0.15) is 23.7 Å². The maximum atomic E-state index is 14.5. The summed E-state index contributed by atoms with van der Waals surface area (Å²) in [6.45, 7) is 10.6. The number of nitriles is 1. The molecule has 0 aliphatic carbocycles. The van der Waals surface area contributed by atoms with Crippen LogP contribution in [0.1, 0.15) is 68.4 Å². The molecule has 59 heavy (non-hydrogen) atoms. The van der Waals surface area contributed by atoms with Crippen molar-refractivity contribution in [2.75, 3.05) is 49.1 Å². The van der Waals surface area contributed by atoms with Gasteiger partial charge in [-0.3, -0.25) is 39.2 Å². The van der Waals surface area contributed by atoms with E-state index in [0.29, 0.717) is 74.6 Å². The lowest BCUT2D eigenvalue weighted by atomic mass is 9.90. The van der Waals surface area contributed by atoms with Crippen LogP contribution < -0.4 is 19.9 Å². The highest BCUT2D eigenvalue weighted by Gasteiger charge is 2.51. The molecule has 3 saturated heterocycles. The van der Waals surface area contributed by atoms with Gasteiger partial charge in [-0.15, -0.1) is 0 Å². The minimum atomic E-state index is -4.80. The number of carbonyl (C=O) groups is 4. The van der Waals surface area contributed by atoms with Crippen LogP contribution >= 0.6 is 12.2 Å². The van der Waals surface area contributed by atoms with E-state index in [4.69, 9.17) is 17.0 Å². The largest absolute Gasteiger partial charge is 0.492 e. The SMILES string of the molecule is CCc1cc(N2C(=S)N(c3ccc(C#N)c(C(F)(F)F)c3)C(=O)C2(C)C)ccc1OCCN1CCN(CC(=O)Cc2cc(F)cc(CC3CCC(=O)NC3=O)c2)[C@H](C)C1. The van der Waals surface area contributed by atoms with Crippen LogP contribution in [0.3, 0.4) is 0 Å². The second-order valence-electron chi connectivity index (χ2n) is 15.8. The predicted molar refractivity (Wildman–Crippen MR) is 216 cm³/mol. The number of ether oxygens (including phenoxy) is 1. The molecule has 1 N–H and O–H groups in total. The highest BCUT2D eigenvalue weighted by molar-refractivity contribution is 7.81. The molecule has 0 radical (unpaired) electrons. The number of halogens is 4. The van der Waals surface area contributed by atoms with E-state index >= 15 is 0 Å². The Morgan fingerprint density at radius 2 is 1.76 bits per heavy atom. The number of hydrogen-bond donors (Lipinski definition) is 1. The molecule has 0 bridgehead atoms. The van der Waals surface area contributed by atoms with Crippen LogP contribution in [-0.4, -0.2) is 89.3 Å². The average molecular weight is 835 g/mol. The highest BCUT2D eigenvalue weighted by Crippen LogP contribution is 2.40. The van der Waals surface area contributed by atoms with Crippen molar-refractivity contribution in [1.82, 2.24) is 15.1 Å². The van der Waals surface area contributed by atoms with Crippen LogP contribution in [-0.2, 0) is 44.6 Å². The van der Waals surface area contributed by atoms with E-state index in [-0.39, 0.29) is 53.8 Å². The molecule has 0 saturated carbocycles. The first-order valence-electron chi connectivity index (χ1n) is 19.6. The molecule has 2 atom stereocenters. The summed E-state index contributed by atoms with van der Waals surface area (Å²) in [5, 5.41) is 11.6. The van der Waals surface area contributed by atoms with E-state index in [0.717, 1.165) is 22.6 Å². The van der Waals surface area contributed by atoms with E-state index in [2.05, 4.69) is 22.0 Å². The summed E-state index contributed by atoms with van der Waals surface area (Å²) in [6.07, 6.45) is -3.20. The van der Waals surface area contributed by atoms with Crippen molar-refractivity contribution in [1.29, 1.82) is 5.26 Å². The van der Waals surface area contributed by atoms with Gasteiger partial charge in [-0.05, 0) is 117 Å². The summed E-state index contributed by atoms with van der Waals surface area (Å²) in [7, 11) is 0. The summed E-state index contributed by atoms with van der Waals surface area (Å²) in [4.78, 5) is 57.6. The maximum absolute atomic E-state index is 14.5. The molecule has 3 aliphatic rings. The Hall–Kier alpha value is -5.24. The number of aryl methyl sites for hydroxylation is 1. The number of piperazine rings is 1. The van der Waals surface area contributed by atoms with E-state index in [1.807, 2.05) is 13.0 Å². The zero-order valence-corrected chi connectivity index (χ0v) is 34.1. The number of nitrogens with zero attached hydrogens (tertiary/aromatic N) is 5. The second kappa shape index (κ2) is 17.5. The summed E-state index contributed by atoms with van der Waals surface area (Å²) in [5.74, 6) is -1.45. The van der Waals surface area contributed by atoms with Gasteiger partial charge < -0.3 is 9.64 Å². The highest BCUT2D eigenvalue weighted by atomic mass is 32.1. The number of alkyl halides is 3. The maximum Gasteiger partial charge on any atom is 0.417 e. The Kier molecular flexibility index (Phi) is 12.9. The van der Waals surface area contributed by atoms with Crippen molar-refractivity contribution in [2.45, 2.75) is 77.6 Å². The summed E-state index contributed by atoms with van der Waals surface area (Å²) >= 11 is 5.71. The van der Waals surface area contributed by atoms with Crippen LogP contribution in [0.5, 0.6) is 5.75 Å². The molecule has 6 rings (SSSR count). The first kappa shape index (κ1) is 43.3. The number of anilines is 2. The number of ketones is 1. The van der Waals surface area contributed by atoms with Crippen LogP contribution in [0, 0.1) is 23.1 Å². The quantitative estimate of drug-likeness (QED) is 0.125. The standard InChI is InChI=1S/C43H46F4N6O5S/c1-5-29-21-34(53-41(59)52(40(57)42(53,3)4)33-8-6-31(23-48)36(22-33)43(45,46)47)9-10-37(29)58-15-14-50-12-13-51(26(2)24-50)25-35(54)20-28-16-27(18-32(44)19-28)17-30-7-11-38(55)49-39(30)56/h6,8-10,16,18-19,21-22,26,30H,5,7,11-15,17,20,24-25H2,1-4H3,(H,49,55,56)/t26-,30?/m1/s1. The monoisotopic (exact) mass is 834 g/mol. The number of thiocarbonyl (C=S) groups is 1. The third kappa shape index (κ3) is 9.64. The van der Waals surface area contributed by atoms with Crippen molar-refractivity contribution in [2.24, 2.45) is 5.92 Å². The molecule has 312 valence electrons. The fourth-order valence-corrected chi connectivity index (χ4v) is 8.56. The number of nitrogens with one attached hydrogen (secondary N) is 1. The molecule has 3 heterocycles. The van der Waals surface area contributed by atoms with Gasteiger partial charge in [-0.25, -0.2) is 4.39 Å². The number of Topliss-reactive ketones (excluding diaryl/α,β-unsaturated/α-hetero) is 1. The van der Waals surface area contributed by atoms with Gasteiger partial charge in [-0.2, -0.15) is 18.4 Å². The Bertz CT molecular complexity index is 2210. The zero-order chi connectivity index (χ0) is 42.8. The minimum absolute atomic E-state index is 0.00801. The smallest absolute Gasteiger partial charge is 0.417 e. The fourth-order valence-electron chi connectivity index (χ4n) is 8.04. The molecule has 11 nitrogen and oxygen atoms in total. The van der Waals surface area contributed by atoms with E-state index in [1.165, 1.54) is 18.2 Å². The number of imide groups is 1. The molecular formula is C43H46F4N6O5S. The van der Waals surface area contributed by atoms with Gasteiger partial charge in [0, 0.05) is 56.7 Å². The molecule has 3 aromatic rings. The van der Waals surface area contributed by atoms with Gasteiger partial charge in [-0.1, -0.05) is 13.0 Å². The van der Waals surface area contributed by atoms with Gasteiger partial charge in [0.15, 0.2) is 10.9 Å². The van der Waals surface area contributed by atoms with Gasteiger partial charge in [0.25, 0.3) is 5.91 Å². The zero-order valence-electron chi connectivity index (χ0n) is 33.3. The van der Waals surface area contributed by atoms with Crippen LogP contribution in [0.25, 0.3) is 0 Å². The van der Waals surface area contributed by atoms with E-state index in [9.17, 15) is 42.0 Å². The van der Waals surface area contributed by atoms with E-state index in [1.54, 1.807) is 43.0 Å². The Morgan fingerprint density at radius 1 is 1.03 bits per heavy atom. The minimum Gasteiger partial charge on any atom is -0.492 e. The topological polar surface area (TPSA) is 126 Å². The second-order valence-corrected chi connectivity index (χ2v) is 16.2. The van der Waals surface area contributed by atoms with Crippen molar-refractivity contribution in [3.05, 3.63) is 88.2 Å². The first-order valence-corrected chi connectivity index (χ1v) is 20.0. The third-order valence-electron chi connectivity index (χ3n) is 11.2. The number of hydrogen-bond acceptors (Lipinski definition) is 9. The normalized spacial score (nSPS) is 20.2. The average Bonchev–Trinajstić information content (AvgIpc) is 3.34. The van der Waals surface area contributed by atoms with E-state index < -0.39 is 40.5 Å². The molecule has 3 amide bonds. The molecule has 3 fully saturated rings. The van der Waals surface area contributed by atoms with Crippen LogP contribution in [0.15, 0.2) is 54.6 Å². The number of carbonyl (C=O) groups excluding carboxylic acids is 4. The lowest BCUT2D eigenvalue weighted by molar-refractivity contribution is -0.138. The van der Waals surface area contributed by atoms with Crippen LogP contribution in [0.4, 0.5) is 28.9 Å². The molecular weight excluding hydrogens is 789 g/mol. The molecule has 1 unspecified atom stereocenters. The van der Waals surface area contributed by atoms with Crippen molar-refractivity contribution >= 4 is 52.2 Å². The Labute approximate surface area is 345 Å². The molecule has 3 aliphatic heterocycles. The number of piperidine rings is 1. The third-order valence-corrected chi connectivity index (χ3v) is 11.6. The number of benzene rings is 3. The predicted octanol–water partition coefficient (Wildman–Crippen LogP) is 5.99. The van der Waals surface area contributed by atoms with Crippen molar-refractivity contribution < 1.29 is 41.5 Å². The molecule has 0 aromatic heterocycles. The Morgan fingerprint density at radius 3 is 2.44 bits per heavy atom. The molecule has 3 aromatic carbocycles. The lowest BCUT2D eigenvalue weighted by Crippen LogP contribution is -2.53. The van der Waals surface area contributed by atoms with Gasteiger partial charge in [0.2, 0.25) is 11.8 Å². The summed E-state index contributed by atoms with van der Waals surface area (Å²) in [5.41, 5.74) is -0.423. The summed E-state index contributed by atoms with van der Waals surface area (Å²) < 4.78 is 62.1. The van der Waals surface area contributed by atoms with Crippen molar-refractivity contribution in [3.63, 3.8) is 0 Å². The van der Waals surface area contributed by atoms with Crippen molar-refractivity contribution in [3.8, 4) is 11.8 Å². The number of rotatable bonds is 13. The number of amides is 3.